The van der Waals surface area contributed by atoms with Crippen LogP contribution in [0.3, 0.4) is 0 Å². The zero-order valence-electron chi connectivity index (χ0n) is 12.2. The van der Waals surface area contributed by atoms with E-state index in [4.69, 9.17) is 4.74 Å². The van der Waals surface area contributed by atoms with Gasteiger partial charge >= 0.3 is 0 Å². The highest BCUT2D eigenvalue weighted by Gasteiger charge is 2.13. The van der Waals surface area contributed by atoms with E-state index < -0.39 is 0 Å². The molecule has 0 saturated carbocycles. The number of methoxy groups -OCH3 is 1. The molecule has 0 aromatic carbocycles. The maximum atomic E-state index is 12.0. The van der Waals surface area contributed by atoms with Gasteiger partial charge in [0.15, 0.2) is 0 Å². The molecule has 0 bridgehead atoms. The predicted octanol–water partition coefficient (Wildman–Crippen LogP) is 2.43. The molecule has 0 unspecified atom stereocenters. The fourth-order valence-electron chi connectivity index (χ4n) is 2.22. The third-order valence-electron chi connectivity index (χ3n) is 3.16. The van der Waals surface area contributed by atoms with Gasteiger partial charge in [-0.1, -0.05) is 25.8 Å². The van der Waals surface area contributed by atoms with Crippen LogP contribution in [0.15, 0.2) is 24.1 Å². The summed E-state index contributed by atoms with van der Waals surface area (Å²) in [5.41, 5.74) is 0.809. The van der Waals surface area contributed by atoms with Crippen LogP contribution in [0.2, 0.25) is 0 Å². The van der Waals surface area contributed by atoms with Crippen molar-refractivity contribution in [3.8, 4) is 0 Å². The Bertz CT molecular complexity index is 316. The number of carbonyl (C=O) groups excluding carboxylic acids is 1. The zero-order valence-corrected chi connectivity index (χ0v) is 12.2. The lowest BCUT2D eigenvalue weighted by atomic mass is 10.2. The van der Waals surface area contributed by atoms with Crippen molar-refractivity contribution in [1.82, 2.24) is 10.2 Å². The number of nitrogens with one attached hydrogen (secondary N) is 1. The van der Waals surface area contributed by atoms with Crippen LogP contribution in [0.25, 0.3) is 0 Å². The molecule has 0 spiro atoms. The molecule has 0 aliphatic carbocycles. The minimum Gasteiger partial charge on any atom is -0.504 e. The summed E-state index contributed by atoms with van der Waals surface area (Å²) >= 11 is 0. The van der Waals surface area contributed by atoms with Gasteiger partial charge in [-0.15, -0.1) is 0 Å². The van der Waals surface area contributed by atoms with E-state index >= 15 is 0 Å². The van der Waals surface area contributed by atoms with Crippen LogP contribution >= 0.6 is 0 Å². The first-order chi connectivity index (χ1) is 9.26. The van der Waals surface area contributed by atoms with Gasteiger partial charge in [-0.25, -0.2) is 0 Å². The van der Waals surface area contributed by atoms with Crippen molar-refractivity contribution >= 4 is 5.91 Å². The van der Waals surface area contributed by atoms with Crippen LogP contribution in [-0.2, 0) is 9.53 Å². The summed E-state index contributed by atoms with van der Waals surface area (Å²) in [7, 11) is 1.60. The van der Waals surface area contributed by atoms with E-state index in [-0.39, 0.29) is 5.91 Å². The van der Waals surface area contributed by atoms with E-state index in [1.165, 1.54) is 25.7 Å². The molecule has 0 radical (unpaired) electrons. The Morgan fingerprint density at radius 3 is 2.53 bits per heavy atom. The molecule has 1 fully saturated rings. The molecule has 0 atom stereocenters. The molecule has 0 aromatic heterocycles. The Hall–Kier alpha value is -1.29. The normalized spacial score (nSPS) is 18.3. The first kappa shape index (κ1) is 15.8. The SMILES string of the molecule is CC/C=C(/C=C\OC)NC(=O)CN1CCCCCC1. The molecule has 1 saturated heterocycles. The van der Waals surface area contributed by atoms with Crippen LogP contribution in [0, 0.1) is 0 Å². The number of rotatable bonds is 6. The molecule has 1 amide bonds. The molecular formula is C15H26N2O2. The van der Waals surface area contributed by atoms with Gasteiger partial charge in [0.05, 0.1) is 19.9 Å². The Balaban J connectivity index is 2.42. The number of allylic oxidation sites excluding steroid dienone is 2. The van der Waals surface area contributed by atoms with Crippen molar-refractivity contribution in [2.75, 3.05) is 26.7 Å². The van der Waals surface area contributed by atoms with Crippen LogP contribution in [0.1, 0.15) is 39.0 Å². The number of carbonyl (C=O) groups is 1. The molecule has 1 N–H and O–H groups in total. The molecule has 4 heteroatoms. The summed E-state index contributed by atoms with van der Waals surface area (Å²) in [6.45, 7) is 4.60. The van der Waals surface area contributed by atoms with Crippen LogP contribution < -0.4 is 5.32 Å². The lowest BCUT2D eigenvalue weighted by Gasteiger charge is -2.19. The quantitative estimate of drug-likeness (QED) is 0.593. The molecule has 19 heavy (non-hydrogen) atoms. The fourth-order valence-corrected chi connectivity index (χ4v) is 2.22. The predicted molar refractivity (Wildman–Crippen MR) is 77.6 cm³/mol. The highest BCUT2D eigenvalue weighted by Crippen LogP contribution is 2.09. The van der Waals surface area contributed by atoms with Crippen molar-refractivity contribution in [1.29, 1.82) is 0 Å². The summed E-state index contributed by atoms with van der Waals surface area (Å²) in [6, 6.07) is 0. The van der Waals surface area contributed by atoms with Crippen molar-refractivity contribution < 1.29 is 9.53 Å². The summed E-state index contributed by atoms with van der Waals surface area (Å²) in [4.78, 5) is 14.2. The van der Waals surface area contributed by atoms with Gasteiger partial charge in [-0.2, -0.15) is 0 Å². The van der Waals surface area contributed by atoms with Crippen LogP contribution in [0.4, 0.5) is 0 Å². The van der Waals surface area contributed by atoms with E-state index in [1.807, 2.05) is 13.0 Å². The maximum Gasteiger partial charge on any atom is 0.238 e. The standard InChI is InChI=1S/C15H26N2O2/c1-3-8-14(9-12-19-2)16-15(18)13-17-10-6-4-5-7-11-17/h8-9,12H,3-7,10-11,13H2,1-2H3,(H,16,18)/b12-9-,14-8-. The maximum absolute atomic E-state index is 12.0. The average Bonchev–Trinajstić information content (AvgIpc) is 2.64. The highest BCUT2D eigenvalue weighted by molar-refractivity contribution is 5.80. The average molecular weight is 266 g/mol. The zero-order chi connectivity index (χ0) is 13.9. The largest absolute Gasteiger partial charge is 0.504 e. The number of likely N-dealkylation sites (tertiary alicyclic amines) is 1. The molecule has 1 aliphatic rings. The number of nitrogens with zero attached hydrogens (tertiary/aromatic N) is 1. The molecule has 108 valence electrons. The molecule has 1 aliphatic heterocycles. The fraction of sp³-hybridized carbons (Fsp3) is 0.667. The topological polar surface area (TPSA) is 41.6 Å². The summed E-state index contributed by atoms with van der Waals surface area (Å²) in [5, 5.41) is 2.93. The molecule has 4 nitrogen and oxygen atoms in total. The lowest BCUT2D eigenvalue weighted by Crippen LogP contribution is -2.37. The van der Waals surface area contributed by atoms with Crippen molar-refractivity contribution in [3.05, 3.63) is 24.1 Å². The second-order valence-electron chi connectivity index (χ2n) is 4.84. The van der Waals surface area contributed by atoms with Gasteiger partial charge in [0.25, 0.3) is 0 Å². The minimum absolute atomic E-state index is 0.0577. The smallest absolute Gasteiger partial charge is 0.238 e. The Kier molecular flexibility index (Phi) is 7.98. The summed E-state index contributed by atoms with van der Waals surface area (Å²) in [5.74, 6) is 0.0577. The highest BCUT2D eigenvalue weighted by atomic mass is 16.5. The first-order valence-corrected chi connectivity index (χ1v) is 7.18. The number of hydrogen-bond acceptors (Lipinski definition) is 3. The second-order valence-corrected chi connectivity index (χ2v) is 4.84. The molecule has 1 rings (SSSR count). The second kappa shape index (κ2) is 9.62. The van der Waals surface area contributed by atoms with Crippen molar-refractivity contribution in [2.24, 2.45) is 0 Å². The summed E-state index contributed by atoms with van der Waals surface area (Å²) < 4.78 is 4.88. The van der Waals surface area contributed by atoms with Gasteiger partial charge in [0, 0.05) is 5.70 Å². The Morgan fingerprint density at radius 1 is 1.26 bits per heavy atom. The van der Waals surface area contributed by atoms with Gasteiger partial charge in [-0.05, 0) is 38.4 Å². The number of ether oxygens (including phenoxy) is 1. The third-order valence-corrected chi connectivity index (χ3v) is 3.16. The molecule has 0 aromatic rings. The van der Waals surface area contributed by atoms with Gasteiger partial charge in [0.2, 0.25) is 5.91 Å². The third kappa shape index (κ3) is 7.01. The van der Waals surface area contributed by atoms with Gasteiger partial charge in [-0.3, -0.25) is 9.69 Å². The first-order valence-electron chi connectivity index (χ1n) is 7.18. The molecular weight excluding hydrogens is 240 g/mol. The van der Waals surface area contributed by atoms with Crippen LogP contribution in [0.5, 0.6) is 0 Å². The van der Waals surface area contributed by atoms with Gasteiger partial charge in [0.1, 0.15) is 0 Å². The number of amides is 1. The van der Waals surface area contributed by atoms with Crippen LogP contribution in [-0.4, -0.2) is 37.6 Å². The summed E-state index contributed by atoms with van der Waals surface area (Å²) in [6.07, 6.45) is 11.2. The van der Waals surface area contributed by atoms with E-state index in [1.54, 1.807) is 19.4 Å². The Morgan fingerprint density at radius 2 is 1.95 bits per heavy atom. The van der Waals surface area contributed by atoms with Gasteiger partial charge < -0.3 is 10.1 Å². The Labute approximate surface area is 116 Å². The van der Waals surface area contributed by atoms with E-state index in [0.717, 1.165) is 25.2 Å². The van der Waals surface area contributed by atoms with E-state index in [9.17, 15) is 4.79 Å². The monoisotopic (exact) mass is 266 g/mol. The van der Waals surface area contributed by atoms with E-state index in [0.29, 0.717) is 6.54 Å². The number of hydrogen-bond donors (Lipinski definition) is 1. The van der Waals surface area contributed by atoms with Crippen molar-refractivity contribution in [2.45, 2.75) is 39.0 Å². The minimum atomic E-state index is 0.0577. The lowest BCUT2D eigenvalue weighted by molar-refractivity contribution is -0.121. The van der Waals surface area contributed by atoms with E-state index in [2.05, 4.69) is 10.2 Å². The van der Waals surface area contributed by atoms with Crippen molar-refractivity contribution in [3.63, 3.8) is 0 Å². The molecule has 1 heterocycles.